The zero-order valence-corrected chi connectivity index (χ0v) is 13.0. The maximum absolute atomic E-state index is 12.4. The van der Waals surface area contributed by atoms with Gasteiger partial charge in [-0.15, -0.1) is 0 Å². The maximum atomic E-state index is 12.4. The molecule has 0 saturated carbocycles. The molecule has 1 atom stereocenters. The van der Waals surface area contributed by atoms with Crippen LogP contribution in [0.2, 0.25) is 0 Å². The number of rotatable bonds is 4. The van der Waals surface area contributed by atoms with Crippen molar-refractivity contribution in [1.29, 1.82) is 0 Å². The van der Waals surface area contributed by atoms with Crippen molar-refractivity contribution in [3.8, 4) is 0 Å². The summed E-state index contributed by atoms with van der Waals surface area (Å²) in [6.45, 7) is 2.88. The maximum Gasteiger partial charge on any atom is 0.280 e. The molecule has 21 heavy (non-hydrogen) atoms. The van der Waals surface area contributed by atoms with Gasteiger partial charge in [0.05, 0.1) is 6.54 Å². The Labute approximate surface area is 125 Å². The predicted octanol–water partition coefficient (Wildman–Crippen LogP) is 2.38. The van der Waals surface area contributed by atoms with Crippen molar-refractivity contribution in [3.05, 3.63) is 36.0 Å². The monoisotopic (exact) mass is 307 g/mol. The second-order valence-electron chi connectivity index (χ2n) is 5.66. The molecule has 6 heteroatoms. The van der Waals surface area contributed by atoms with E-state index in [9.17, 15) is 8.42 Å². The van der Waals surface area contributed by atoms with E-state index in [-0.39, 0.29) is 6.04 Å². The minimum atomic E-state index is -3.40. The van der Waals surface area contributed by atoms with E-state index >= 15 is 0 Å². The van der Waals surface area contributed by atoms with E-state index in [1.54, 1.807) is 4.31 Å². The fourth-order valence-corrected chi connectivity index (χ4v) is 4.36. The van der Waals surface area contributed by atoms with Crippen LogP contribution in [0.15, 0.2) is 30.3 Å². The molecule has 2 heterocycles. The number of H-pyrrole nitrogens is 1. The molecule has 1 aliphatic heterocycles. The standard InChI is InChI=1S/C15H21N3O2S/c1-12-6-4-5-9-18(12)21(19,20)16-11-14-10-13-7-2-3-8-15(13)17-14/h2-3,7-8,10,12,16-17H,4-6,9,11H2,1H3/t12-/m0/s1. The first-order valence-corrected chi connectivity index (χ1v) is 8.83. The third kappa shape index (κ3) is 3.12. The SMILES string of the molecule is C[C@H]1CCCCN1S(=O)(=O)NCc1cc2ccccc2[nH]1. The van der Waals surface area contributed by atoms with E-state index in [4.69, 9.17) is 0 Å². The molecule has 114 valence electrons. The van der Waals surface area contributed by atoms with Crippen LogP contribution in [-0.4, -0.2) is 30.3 Å². The average Bonchev–Trinajstić information content (AvgIpc) is 2.88. The van der Waals surface area contributed by atoms with Gasteiger partial charge in [-0.25, -0.2) is 0 Å². The third-order valence-electron chi connectivity index (χ3n) is 4.08. The van der Waals surface area contributed by atoms with Crippen LogP contribution in [-0.2, 0) is 16.8 Å². The van der Waals surface area contributed by atoms with Crippen LogP contribution in [0.4, 0.5) is 0 Å². The highest BCUT2D eigenvalue weighted by molar-refractivity contribution is 7.87. The van der Waals surface area contributed by atoms with E-state index < -0.39 is 10.2 Å². The summed E-state index contributed by atoms with van der Waals surface area (Å²) in [6, 6.07) is 9.99. The molecule has 5 nitrogen and oxygen atoms in total. The minimum Gasteiger partial charge on any atom is -0.357 e. The Bertz CT molecular complexity index is 690. The molecule has 0 spiro atoms. The molecule has 1 aromatic carbocycles. The van der Waals surface area contributed by atoms with Crippen LogP contribution in [0.25, 0.3) is 10.9 Å². The number of hydrogen-bond donors (Lipinski definition) is 2. The van der Waals surface area contributed by atoms with Gasteiger partial charge >= 0.3 is 0 Å². The van der Waals surface area contributed by atoms with Crippen LogP contribution in [0.1, 0.15) is 31.9 Å². The smallest absolute Gasteiger partial charge is 0.280 e. The lowest BCUT2D eigenvalue weighted by Gasteiger charge is -2.32. The molecule has 1 aliphatic rings. The van der Waals surface area contributed by atoms with Gasteiger partial charge in [0, 0.05) is 23.8 Å². The second kappa shape index (κ2) is 5.79. The number of benzene rings is 1. The summed E-state index contributed by atoms with van der Waals surface area (Å²) in [5.74, 6) is 0. The molecule has 2 N–H and O–H groups in total. The lowest BCUT2D eigenvalue weighted by Crippen LogP contribution is -2.47. The van der Waals surface area contributed by atoms with E-state index in [1.165, 1.54) is 0 Å². The van der Waals surface area contributed by atoms with Gasteiger partial charge in [-0.2, -0.15) is 17.4 Å². The lowest BCUT2D eigenvalue weighted by molar-refractivity contribution is 0.265. The Balaban J connectivity index is 1.71. The zero-order valence-electron chi connectivity index (χ0n) is 12.2. The molecule has 3 rings (SSSR count). The molecule has 0 unspecified atom stereocenters. The van der Waals surface area contributed by atoms with Crippen molar-refractivity contribution >= 4 is 21.1 Å². The summed E-state index contributed by atoms with van der Waals surface area (Å²) in [6.07, 6.45) is 2.99. The Morgan fingerprint density at radius 1 is 1.33 bits per heavy atom. The average molecular weight is 307 g/mol. The summed E-state index contributed by atoms with van der Waals surface area (Å²) < 4.78 is 29.1. The van der Waals surface area contributed by atoms with E-state index in [0.717, 1.165) is 35.9 Å². The fourth-order valence-electron chi connectivity index (χ4n) is 2.91. The van der Waals surface area contributed by atoms with Crippen LogP contribution >= 0.6 is 0 Å². The van der Waals surface area contributed by atoms with Gasteiger partial charge in [-0.3, -0.25) is 0 Å². The highest BCUT2D eigenvalue weighted by Crippen LogP contribution is 2.20. The molecule has 0 bridgehead atoms. The van der Waals surface area contributed by atoms with Crippen molar-refractivity contribution < 1.29 is 8.42 Å². The van der Waals surface area contributed by atoms with Crippen molar-refractivity contribution in [2.75, 3.05) is 6.54 Å². The Kier molecular flexibility index (Phi) is 4.01. The van der Waals surface area contributed by atoms with Gasteiger partial charge < -0.3 is 4.98 Å². The molecular weight excluding hydrogens is 286 g/mol. The van der Waals surface area contributed by atoms with E-state index in [1.807, 2.05) is 37.3 Å². The highest BCUT2D eigenvalue weighted by Gasteiger charge is 2.29. The van der Waals surface area contributed by atoms with Crippen LogP contribution < -0.4 is 4.72 Å². The van der Waals surface area contributed by atoms with Gasteiger partial charge in [-0.1, -0.05) is 24.6 Å². The molecule has 2 aromatic rings. The van der Waals surface area contributed by atoms with Gasteiger partial charge in [0.25, 0.3) is 10.2 Å². The number of nitrogens with zero attached hydrogens (tertiary/aromatic N) is 1. The molecule has 1 aromatic heterocycles. The van der Waals surface area contributed by atoms with Gasteiger partial charge in [-0.05, 0) is 37.3 Å². The van der Waals surface area contributed by atoms with Gasteiger partial charge in [0.15, 0.2) is 0 Å². The van der Waals surface area contributed by atoms with Crippen molar-refractivity contribution in [2.45, 2.75) is 38.8 Å². The molecular formula is C15H21N3O2S. The van der Waals surface area contributed by atoms with Crippen molar-refractivity contribution in [3.63, 3.8) is 0 Å². The zero-order chi connectivity index (χ0) is 14.9. The Morgan fingerprint density at radius 3 is 2.90 bits per heavy atom. The summed E-state index contributed by atoms with van der Waals surface area (Å²) in [5, 5.41) is 1.10. The van der Waals surface area contributed by atoms with Crippen molar-refractivity contribution in [2.24, 2.45) is 0 Å². The molecule has 0 amide bonds. The van der Waals surface area contributed by atoms with E-state index in [0.29, 0.717) is 13.1 Å². The minimum absolute atomic E-state index is 0.0824. The van der Waals surface area contributed by atoms with E-state index in [2.05, 4.69) is 9.71 Å². The van der Waals surface area contributed by atoms with Gasteiger partial charge in [0.2, 0.25) is 0 Å². The van der Waals surface area contributed by atoms with Crippen LogP contribution in [0.5, 0.6) is 0 Å². The molecule has 0 aliphatic carbocycles. The number of piperidine rings is 1. The molecule has 1 saturated heterocycles. The predicted molar refractivity (Wildman–Crippen MR) is 84.1 cm³/mol. The Morgan fingerprint density at radius 2 is 2.14 bits per heavy atom. The first-order chi connectivity index (χ1) is 10.1. The summed E-state index contributed by atoms with van der Waals surface area (Å²) in [7, 11) is -3.40. The summed E-state index contributed by atoms with van der Waals surface area (Å²) >= 11 is 0. The first-order valence-electron chi connectivity index (χ1n) is 7.39. The largest absolute Gasteiger partial charge is 0.357 e. The molecule has 1 fully saturated rings. The van der Waals surface area contributed by atoms with Crippen LogP contribution in [0, 0.1) is 0 Å². The normalized spacial score (nSPS) is 20.9. The number of fused-ring (bicyclic) bond motifs is 1. The first kappa shape index (κ1) is 14.6. The van der Waals surface area contributed by atoms with Crippen LogP contribution in [0.3, 0.4) is 0 Å². The number of hydrogen-bond acceptors (Lipinski definition) is 2. The highest BCUT2D eigenvalue weighted by atomic mass is 32.2. The number of aromatic nitrogens is 1. The van der Waals surface area contributed by atoms with Gasteiger partial charge in [0.1, 0.15) is 0 Å². The quantitative estimate of drug-likeness (QED) is 0.911. The van der Waals surface area contributed by atoms with Crippen molar-refractivity contribution in [1.82, 2.24) is 14.0 Å². The Hall–Kier alpha value is -1.37. The second-order valence-corrected chi connectivity index (χ2v) is 7.37. The third-order valence-corrected chi connectivity index (χ3v) is 5.75. The number of nitrogens with one attached hydrogen (secondary N) is 2. The lowest BCUT2D eigenvalue weighted by atomic mass is 10.1. The molecule has 0 radical (unpaired) electrons. The summed E-state index contributed by atoms with van der Waals surface area (Å²) in [4.78, 5) is 3.24. The number of aromatic amines is 1. The fraction of sp³-hybridized carbons (Fsp3) is 0.467. The summed E-state index contributed by atoms with van der Waals surface area (Å²) in [5.41, 5.74) is 1.91. The topological polar surface area (TPSA) is 65.2 Å². The number of para-hydroxylation sites is 1.